The quantitative estimate of drug-likeness (QED) is 0.277. The van der Waals surface area contributed by atoms with E-state index in [1.54, 1.807) is 6.92 Å². The predicted molar refractivity (Wildman–Crippen MR) is 72.9 cm³/mol. The van der Waals surface area contributed by atoms with E-state index in [1.165, 1.54) is 4.90 Å². The maximum Gasteiger partial charge on any atom is 0.200 e. The van der Waals surface area contributed by atoms with Crippen molar-refractivity contribution < 1.29 is 22.0 Å². The molecule has 0 aliphatic carbocycles. The number of unbranched alkanes of at least 4 members (excludes halogenated alkanes) is 3. The molecule has 1 nitrogen and oxygen atoms in total. The third-order valence-electron chi connectivity index (χ3n) is 3.28. The van der Waals surface area contributed by atoms with Gasteiger partial charge in [0.25, 0.3) is 0 Å². The van der Waals surface area contributed by atoms with Crippen LogP contribution in [0.5, 0.6) is 0 Å². The average Bonchev–Trinajstić information content (AvgIpc) is 2.47. The van der Waals surface area contributed by atoms with Crippen molar-refractivity contribution in [3.63, 3.8) is 0 Å². The van der Waals surface area contributed by atoms with Crippen molar-refractivity contribution in [2.45, 2.75) is 46.0 Å². The van der Waals surface area contributed by atoms with E-state index in [0.717, 1.165) is 19.3 Å². The minimum absolute atomic E-state index is 0.241. The molecule has 0 aliphatic rings. The molecule has 1 aromatic rings. The summed E-state index contributed by atoms with van der Waals surface area (Å²) in [4.78, 5) is 1.24. The molecule has 0 unspecified atom stereocenters. The summed E-state index contributed by atoms with van der Waals surface area (Å²) in [6.45, 7) is 4.32. The van der Waals surface area contributed by atoms with Gasteiger partial charge in [-0.25, -0.2) is 22.0 Å². The van der Waals surface area contributed by atoms with Crippen molar-refractivity contribution in [2.24, 2.45) is 0 Å². The van der Waals surface area contributed by atoms with Gasteiger partial charge in [-0.15, -0.1) is 0 Å². The highest BCUT2D eigenvalue weighted by Gasteiger charge is 2.28. The maximum absolute atomic E-state index is 13.8. The third-order valence-corrected chi connectivity index (χ3v) is 3.28. The molecular formula is C15H20F5N. The number of anilines is 1. The van der Waals surface area contributed by atoms with Crippen LogP contribution in [0.1, 0.15) is 46.0 Å². The molecule has 0 radical (unpaired) electrons. The van der Waals surface area contributed by atoms with E-state index in [0.29, 0.717) is 12.8 Å². The maximum atomic E-state index is 13.8. The summed E-state index contributed by atoms with van der Waals surface area (Å²) in [5.41, 5.74) is -0.815. The van der Waals surface area contributed by atoms with Gasteiger partial charge in [-0.3, -0.25) is 0 Å². The lowest BCUT2D eigenvalue weighted by molar-refractivity contribution is 0.377. The van der Waals surface area contributed by atoms with Gasteiger partial charge in [-0.05, 0) is 12.8 Å². The van der Waals surface area contributed by atoms with Gasteiger partial charge in [0.05, 0.1) is 0 Å². The van der Waals surface area contributed by atoms with Crippen molar-refractivity contribution >= 4 is 5.69 Å². The topological polar surface area (TPSA) is 3.24 Å². The Morgan fingerprint density at radius 3 is 1.62 bits per heavy atom. The number of nitrogens with zero attached hydrogens (tertiary/aromatic N) is 1. The van der Waals surface area contributed by atoms with Crippen LogP contribution in [0.2, 0.25) is 0 Å². The molecular weight excluding hydrogens is 289 g/mol. The molecule has 0 fully saturated rings. The molecule has 0 N–H and O–H groups in total. The standard InChI is InChI=1S/C15H20F5N/c1-3-5-6-7-9-21(8-4-2)15-13(19)11(17)10(16)12(18)14(15)20/h3-9H2,1-2H3. The predicted octanol–water partition coefficient (Wildman–Crippen LogP) is 5.18. The number of hydrogen-bond donors (Lipinski definition) is 0. The molecule has 0 spiro atoms. The molecule has 0 heterocycles. The van der Waals surface area contributed by atoms with Gasteiger partial charge in [-0.1, -0.05) is 33.1 Å². The Hall–Kier alpha value is -1.33. The molecule has 6 heteroatoms. The van der Waals surface area contributed by atoms with Crippen molar-refractivity contribution in [2.75, 3.05) is 18.0 Å². The van der Waals surface area contributed by atoms with Crippen molar-refractivity contribution in [1.82, 2.24) is 0 Å². The summed E-state index contributed by atoms with van der Waals surface area (Å²) in [6.07, 6.45) is 4.01. The molecule has 0 saturated carbocycles. The summed E-state index contributed by atoms with van der Waals surface area (Å²) in [7, 11) is 0. The molecule has 120 valence electrons. The highest BCUT2D eigenvalue weighted by molar-refractivity contribution is 5.50. The summed E-state index contributed by atoms with van der Waals surface area (Å²) >= 11 is 0. The second-order valence-corrected chi connectivity index (χ2v) is 4.97. The van der Waals surface area contributed by atoms with Crippen molar-refractivity contribution in [3.05, 3.63) is 29.1 Å². The van der Waals surface area contributed by atoms with Crippen LogP contribution in [-0.4, -0.2) is 13.1 Å². The van der Waals surface area contributed by atoms with Crippen LogP contribution in [0.25, 0.3) is 0 Å². The molecule has 0 aliphatic heterocycles. The highest BCUT2D eigenvalue weighted by atomic mass is 19.2. The Labute approximate surface area is 121 Å². The Kier molecular flexibility index (Phi) is 6.92. The number of rotatable bonds is 8. The van der Waals surface area contributed by atoms with Crippen LogP contribution < -0.4 is 4.90 Å². The molecule has 1 rings (SSSR count). The Balaban J connectivity index is 3.07. The lowest BCUT2D eigenvalue weighted by Gasteiger charge is -2.25. The molecule has 1 aromatic carbocycles. The Morgan fingerprint density at radius 2 is 1.14 bits per heavy atom. The van der Waals surface area contributed by atoms with Crippen molar-refractivity contribution in [3.8, 4) is 0 Å². The second-order valence-electron chi connectivity index (χ2n) is 4.97. The zero-order valence-electron chi connectivity index (χ0n) is 12.3. The zero-order valence-corrected chi connectivity index (χ0v) is 12.3. The number of hydrogen-bond acceptors (Lipinski definition) is 1. The Bertz CT molecular complexity index is 447. The normalized spacial score (nSPS) is 11.0. The van der Waals surface area contributed by atoms with Crippen LogP contribution in [0.3, 0.4) is 0 Å². The summed E-state index contributed by atoms with van der Waals surface area (Å²) in [6, 6.07) is 0. The van der Waals surface area contributed by atoms with E-state index in [2.05, 4.69) is 0 Å². The first-order valence-electron chi connectivity index (χ1n) is 7.22. The highest BCUT2D eigenvalue weighted by Crippen LogP contribution is 2.30. The monoisotopic (exact) mass is 309 g/mol. The van der Waals surface area contributed by atoms with E-state index < -0.39 is 34.8 Å². The average molecular weight is 309 g/mol. The minimum Gasteiger partial charge on any atom is -0.367 e. The van der Waals surface area contributed by atoms with E-state index in [9.17, 15) is 22.0 Å². The summed E-state index contributed by atoms with van der Waals surface area (Å²) < 4.78 is 67.1. The van der Waals surface area contributed by atoms with E-state index in [4.69, 9.17) is 0 Å². The van der Waals surface area contributed by atoms with Crippen molar-refractivity contribution in [1.29, 1.82) is 0 Å². The van der Waals surface area contributed by atoms with Crippen LogP contribution >= 0.6 is 0 Å². The van der Waals surface area contributed by atoms with Gasteiger partial charge in [0.15, 0.2) is 23.3 Å². The second kappa shape index (κ2) is 8.20. The molecule has 0 bridgehead atoms. The van der Waals surface area contributed by atoms with Crippen LogP contribution in [0.4, 0.5) is 27.6 Å². The molecule has 0 atom stereocenters. The molecule has 0 amide bonds. The molecule has 21 heavy (non-hydrogen) atoms. The van der Waals surface area contributed by atoms with Crippen LogP contribution in [0.15, 0.2) is 0 Å². The lowest BCUT2D eigenvalue weighted by Crippen LogP contribution is -2.28. The third kappa shape index (κ3) is 4.08. The van der Waals surface area contributed by atoms with Crippen LogP contribution in [0, 0.1) is 29.1 Å². The van der Waals surface area contributed by atoms with Gasteiger partial charge < -0.3 is 4.90 Å². The number of benzene rings is 1. The van der Waals surface area contributed by atoms with Gasteiger partial charge >= 0.3 is 0 Å². The van der Waals surface area contributed by atoms with Gasteiger partial charge in [-0.2, -0.15) is 0 Å². The molecule has 0 aromatic heterocycles. The first-order chi connectivity index (χ1) is 9.95. The molecule has 0 saturated heterocycles. The number of halogens is 5. The Morgan fingerprint density at radius 1 is 0.619 bits per heavy atom. The van der Waals surface area contributed by atoms with Gasteiger partial charge in [0, 0.05) is 13.1 Å². The van der Waals surface area contributed by atoms with E-state index in [1.807, 2.05) is 6.92 Å². The summed E-state index contributed by atoms with van der Waals surface area (Å²) in [5, 5.41) is 0. The first-order valence-corrected chi connectivity index (χ1v) is 7.22. The van der Waals surface area contributed by atoms with Crippen LogP contribution in [-0.2, 0) is 0 Å². The van der Waals surface area contributed by atoms with Gasteiger partial charge in [0.1, 0.15) is 5.69 Å². The first kappa shape index (κ1) is 17.7. The zero-order chi connectivity index (χ0) is 16.0. The lowest BCUT2D eigenvalue weighted by atomic mass is 10.1. The fourth-order valence-corrected chi connectivity index (χ4v) is 2.21. The van der Waals surface area contributed by atoms with Gasteiger partial charge in [0.2, 0.25) is 5.82 Å². The smallest absolute Gasteiger partial charge is 0.200 e. The largest absolute Gasteiger partial charge is 0.367 e. The fourth-order valence-electron chi connectivity index (χ4n) is 2.21. The minimum atomic E-state index is -2.11. The van der Waals surface area contributed by atoms with E-state index >= 15 is 0 Å². The SMILES string of the molecule is CCCCCCN(CCC)c1c(F)c(F)c(F)c(F)c1F. The fraction of sp³-hybridized carbons (Fsp3) is 0.600. The summed E-state index contributed by atoms with van der Waals surface area (Å²) in [5.74, 6) is -9.40. The van der Waals surface area contributed by atoms with E-state index in [-0.39, 0.29) is 13.1 Å².